The molecule has 1 aliphatic rings. The van der Waals surface area contributed by atoms with Crippen LogP contribution in [-0.4, -0.2) is 5.78 Å². The van der Waals surface area contributed by atoms with E-state index in [9.17, 15) is 4.79 Å². The van der Waals surface area contributed by atoms with E-state index in [1.165, 1.54) is 11.1 Å². The minimum absolute atomic E-state index is 0.155. The first-order valence-electron chi connectivity index (χ1n) is 6.65. The lowest BCUT2D eigenvalue weighted by Gasteiger charge is -2.22. The highest BCUT2D eigenvalue weighted by Crippen LogP contribution is 2.30. The topological polar surface area (TPSA) is 17.1 Å². The molecule has 0 saturated carbocycles. The van der Waals surface area contributed by atoms with Crippen molar-refractivity contribution in [2.75, 3.05) is 0 Å². The Morgan fingerprint density at radius 1 is 1.00 bits per heavy atom. The fourth-order valence-corrected chi connectivity index (χ4v) is 2.66. The van der Waals surface area contributed by atoms with Crippen LogP contribution in [0.2, 0.25) is 0 Å². The van der Waals surface area contributed by atoms with Crippen molar-refractivity contribution in [3.8, 4) is 0 Å². The standard InChI is InChI=1S/C18H16O/c1-13-11-15-9-5-6-10-16(15)12-17(13)18(19)14-7-3-2-4-8-14/h2-10,12-13H,11H2,1H3. The second kappa shape index (κ2) is 4.85. The van der Waals surface area contributed by atoms with Crippen LogP contribution in [-0.2, 0) is 6.42 Å². The third kappa shape index (κ3) is 2.24. The van der Waals surface area contributed by atoms with Crippen molar-refractivity contribution < 1.29 is 4.79 Å². The molecule has 0 fully saturated rings. The second-order valence-corrected chi connectivity index (χ2v) is 5.10. The van der Waals surface area contributed by atoms with Gasteiger partial charge in [0.1, 0.15) is 0 Å². The molecule has 0 N–H and O–H groups in total. The summed E-state index contributed by atoms with van der Waals surface area (Å²) in [6.45, 7) is 2.13. The van der Waals surface area contributed by atoms with Gasteiger partial charge in [-0.25, -0.2) is 0 Å². The van der Waals surface area contributed by atoms with E-state index in [4.69, 9.17) is 0 Å². The van der Waals surface area contributed by atoms with Gasteiger partial charge >= 0.3 is 0 Å². The molecule has 0 aliphatic heterocycles. The Labute approximate surface area is 113 Å². The Morgan fingerprint density at radius 3 is 2.47 bits per heavy atom. The quantitative estimate of drug-likeness (QED) is 0.730. The number of rotatable bonds is 2. The number of benzene rings is 2. The summed E-state index contributed by atoms with van der Waals surface area (Å²) < 4.78 is 0. The summed E-state index contributed by atoms with van der Waals surface area (Å²) in [5, 5.41) is 0. The van der Waals surface area contributed by atoms with Crippen LogP contribution in [0.15, 0.2) is 60.2 Å². The van der Waals surface area contributed by atoms with Crippen molar-refractivity contribution in [2.45, 2.75) is 13.3 Å². The number of carbonyl (C=O) groups is 1. The summed E-state index contributed by atoms with van der Waals surface area (Å²) in [5.41, 5.74) is 4.21. The molecular weight excluding hydrogens is 232 g/mol. The molecule has 0 radical (unpaired) electrons. The van der Waals surface area contributed by atoms with Gasteiger partial charge in [0.25, 0.3) is 0 Å². The van der Waals surface area contributed by atoms with Gasteiger partial charge in [-0.2, -0.15) is 0 Å². The Bertz CT molecular complexity index is 638. The Kier molecular flexibility index (Phi) is 3.04. The van der Waals surface area contributed by atoms with Gasteiger partial charge < -0.3 is 0 Å². The van der Waals surface area contributed by atoms with Gasteiger partial charge in [0.2, 0.25) is 0 Å². The SMILES string of the molecule is CC1Cc2ccccc2C=C1C(=O)c1ccccc1. The molecule has 1 atom stereocenters. The van der Waals surface area contributed by atoms with Crippen molar-refractivity contribution in [1.82, 2.24) is 0 Å². The van der Waals surface area contributed by atoms with E-state index in [1.807, 2.05) is 36.4 Å². The molecule has 3 rings (SSSR count). The fraction of sp³-hybridized carbons (Fsp3) is 0.167. The third-order valence-electron chi connectivity index (χ3n) is 3.72. The lowest BCUT2D eigenvalue weighted by Crippen LogP contribution is -2.17. The Hall–Kier alpha value is -2.15. The second-order valence-electron chi connectivity index (χ2n) is 5.10. The normalized spacial score (nSPS) is 17.5. The molecular formula is C18H16O. The first-order chi connectivity index (χ1) is 9.25. The number of allylic oxidation sites excluding steroid dienone is 1. The molecule has 1 unspecified atom stereocenters. The largest absolute Gasteiger partial charge is 0.289 e. The Morgan fingerprint density at radius 2 is 1.68 bits per heavy atom. The van der Waals surface area contributed by atoms with Crippen molar-refractivity contribution >= 4 is 11.9 Å². The molecule has 94 valence electrons. The zero-order valence-electron chi connectivity index (χ0n) is 11.0. The molecule has 0 bridgehead atoms. The number of fused-ring (bicyclic) bond motifs is 1. The highest BCUT2D eigenvalue weighted by atomic mass is 16.1. The zero-order valence-corrected chi connectivity index (χ0v) is 11.0. The summed E-state index contributed by atoms with van der Waals surface area (Å²) in [6, 6.07) is 17.8. The molecule has 19 heavy (non-hydrogen) atoms. The molecule has 0 saturated heterocycles. The summed E-state index contributed by atoms with van der Waals surface area (Å²) >= 11 is 0. The van der Waals surface area contributed by atoms with Gasteiger partial charge in [-0.15, -0.1) is 0 Å². The average Bonchev–Trinajstić information content (AvgIpc) is 2.47. The lowest BCUT2D eigenvalue weighted by molar-refractivity contribution is 0.102. The van der Waals surface area contributed by atoms with Crippen molar-refractivity contribution in [3.05, 3.63) is 76.9 Å². The smallest absolute Gasteiger partial charge is 0.189 e. The van der Waals surface area contributed by atoms with Crippen molar-refractivity contribution in [2.24, 2.45) is 5.92 Å². The molecule has 1 heteroatoms. The van der Waals surface area contributed by atoms with Crippen molar-refractivity contribution in [1.29, 1.82) is 0 Å². The summed E-state index contributed by atoms with van der Waals surface area (Å²) in [7, 11) is 0. The lowest BCUT2D eigenvalue weighted by atomic mass is 9.81. The molecule has 0 spiro atoms. The molecule has 0 aromatic heterocycles. The monoisotopic (exact) mass is 248 g/mol. The fourth-order valence-electron chi connectivity index (χ4n) is 2.66. The van der Waals surface area contributed by atoms with E-state index >= 15 is 0 Å². The van der Waals surface area contributed by atoms with E-state index in [1.54, 1.807) is 0 Å². The van der Waals surface area contributed by atoms with E-state index in [0.717, 1.165) is 17.6 Å². The van der Waals surface area contributed by atoms with Crippen LogP contribution in [0.4, 0.5) is 0 Å². The van der Waals surface area contributed by atoms with E-state index in [2.05, 4.69) is 31.2 Å². The summed E-state index contributed by atoms with van der Waals surface area (Å²) in [4.78, 5) is 12.6. The third-order valence-corrected chi connectivity index (χ3v) is 3.72. The van der Waals surface area contributed by atoms with Crippen LogP contribution in [0.5, 0.6) is 0 Å². The number of carbonyl (C=O) groups excluding carboxylic acids is 1. The average molecular weight is 248 g/mol. The van der Waals surface area contributed by atoms with E-state index in [0.29, 0.717) is 0 Å². The van der Waals surface area contributed by atoms with Gasteiger partial charge in [0.05, 0.1) is 0 Å². The number of ketones is 1. The van der Waals surface area contributed by atoms with Crippen molar-refractivity contribution in [3.63, 3.8) is 0 Å². The maximum Gasteiger partial charge on any atom is 0.189 e. The van der Waals surface area contributed by atoms with Crippen LogP contribution in [0.3, 0.4) is 0 Å². The minimum Gasteiger partial charge on any atom is -0.289 e. The van der Waals surface area contributed by atoms with Gasteiger partial charge in [0, 0.05) is 11.1 Å². The first kappa shape index (κ1) is 11.9. The maximum absolute atomic E-state index is 12.6. The van der Waals surface area contributed by atoms with Gasteiger partial charge in [0.15, 0.2) is 5.78 Å². The predicted octanol–water partition coefficient (Wildman–Crippen LogP) is 4.15. The van der Waals surface area contributed by atoms with Gasteiger partial charge in [-0.3, -0.25) is 4.79 Å². The van der Waals surface area contributed by atoms with Crippen LogP contribution >= 0.6 is 0 Å². The Balaban J connectivity index is 2.02. The molecule has 1 nitrogen and oxygen atoms in total. The van der Waals surface area contributed by atoms with Crippen LogP contribution in [0.1, 0.15) is 28.4 Å². The first-order valence-corrected chi connectivity index (χ1v) is 6.65. The molecule has 0 heterocycles. The van der Waals surface area contributed by atoms with Gasteiger partial charge in [-0.05, 0) is 29.5 Å². The zero-order chi connectivity index (χ0) is 13.2. The van der Waals surface area contributed by atoms with E-state index < -0.39 is 0 Å². The predicted molar refractivity (Wildman–Crippen MR) is 78.1 cm³/mol. The number of hydrogen-bond donors (Lipinski definition) is 0. The van der Waals surface area contributed by atoms with Crippen LogP contribution in [0.25, 0.3) is 6.08 Å². The highest BCUT2D eigenvalue weighted by molar-refractivity contribution is 6.12. The number of hydrogen-bond acceptors (Lipinski definition) is 1. The molecule has 0 amide bonds. The molecule has 1 aliphatic carbocycles. The van der Waals surface area contributed by atoms with E-state index in [-0.39, 0.29) is 11.7 Å². The van der Waals surface area contributed by atoms with Gasteiger partial charge in [-0.1, -0.05) is 61.5 Å². The summed E-state index contributed by atoms with van der Waals surface area (Å²) in [5.74, 6) is 0.435. The minimum atomic E-state index is 0.155. The molecule has 2 aromatic rings. The van der Waals surface area contributed by atoms with Crippen LogP contribution < -0.4 is 0 Å². The maximum atomic E-state index is 12.6. The summed E-state index contributed by atoms with van der Waals surface area (Å²) in [6.07, 6.45) is 3.00. The molecule has 2 aromatic carbocycles. The number of Topliss-reactive ketones (excluding diaryl/α,β-unsaturated/α-hetero) is 1. The highest BCUT2D eigenvalue weighted by Gasteiger charge is 2.23. The van der Waals surface area contributed by atoms with Crippen LogP contribution in [0, 0.1) is 5.92 Å².